The van der Waals surface area contributed by atoms with Gasteiger partial charge in [0, 0.05) is 17.6 Å². The molecule has 2 nitrogen and oxygen atoms in total. The van der Waals surface area contributed by atoms with Crippen LogP contribution in [-0.2, 0) is 0 Å². The van der Waals surface area contributed by atoms with Gasteiger partial charge in [0.05, 0.1) is 0 Å². The van der Waals surface area contributed by atoms with Crippen LogP contribution in [0, 0.1) is 5.92 Å². The number of aromatic nitrogens is 1. The first-order valence-electron chi connectivity index (χ1n) is 5.79. The Morgan fingerprint density at radius 2 is 2.07 bits per heavy atom. The molecule has 0 amide bonds. The van der Waals surface area contributed by atoms with E-state index in [2.05, 4.69) is 38.0 Å². The number of thiazole rings is 1. The van der Waals surface area contributed by atoms with Crippen LogP contribution in [0.25, 0.3) is 0 Å². The molecule has 0 aliphatic carbocycles. The normalized spacial score (nSPS) is 11.3. The molecule has 0 atom stereocenters. The lowest BCUT2D eigenvalue weighted by Gasteiger charge is -2.04. The standard InChI is InChI=1S/C12H22N2S/c1-9(2)6-5-7-13-12-14-8-11(15-12)10(3)4/h8-10H,5-7H2,1-4H3,(H,13,14). The highest BCUT2D eigenvalue weighted by Gasteiger charge is 2.04. The van der Waals surface area contributed by atoms with Gasteiger partial charge < -0.3 is 5.32 Å². The fraction of sp³-hybridized carbons (Fsp3) is 0.750. The third-order valence-electron chi connectivity index (χ3n) is 2.33. The van der Waals surface area contributed by atoms with Gasteiger partial charge in [-0.05, 0) is 24.7 Å². The highest BCUT2D eigenvalue weighted by Crippen LogP contribution is 2.25. The Balaban J connectivity index is 2.26. The van der Waals surface area contributed by atoms with Gasteiger partial charge in [-0.3, -0.25) is 0 Å². The maximum absolute atomic E-state index is 4.36. The maximum Gasteiger partial charge on any atom is 0.182 e. The van der Waals surface area contributed by atoms with Crippen molar-refractivity contribution in [2.24, 2.45) is 5.92 Å². The summed E-state index contributed by atoms with van der Waals surface area (Å²) < 4.78 is 0. The summed E-state index contributed by atoms with van der Waals surface area (Å²) in [7, 11) is 0. The monoisotopic (exact) mass is 226 g/mol. The Kier molecular flexibility index (Phi) is 5.09. The number of nitrogens with one attached hydrogen (secondary N) is 1. The first-order chi connectivity index (χ1) is 7.09. The number of anilines is 1. The van der Waals surface area contributed by atoms with E-state index in [0.29, 0.717) is 5.92 Å². The number of nitrogens with zero attached hydrogens (tertiary/aromatic N) is 1. The van der Waals surface area contributed by atoms with E-state index in [4.69, 9.17) is 0 Å². The highest BCUT2D eigenvalue weighted by atomic mass is 32.1. The Bertz CT molecular complexity index is 279. The molecule has 0 bridgehead atoms. The van der Waals surface area contributed by atoms with E-state index in [9.17, 15) is 0 Å². The van der Waals surface area contributed by atoms with Gasteiger partial charge in [-0.25, -0.2) is 4.98 Å². The lowest BCUT2D eigenvalue weighted by atomic mass is 10.1. The van der Waals surface area contributed by atoms with Crippen LogP contribution in [0.4, 0.5) is 5.13 Å². The summed E-state index contributed by atoms with van der Waals surface area (Å²) in [4.78, 5) is 5.72. The van der Waals surface area contributed by atoms with Gasteiger partial charge >= 0.3 is 0 Å². The second-order valence-electron chi connectivity index (χ2n) is 4.69. The molecule has 0 radical (unpaired) electrons. The van der Waals surface area contributed by atoms with E-state index < -0.39 is 0 Å². The first-order valence-corrected chi connectivity index (χ1v) is 6.61. The van der Waals surface area contributed by atoms with Gasteiger partial charge in [-0.2, -0.15) is 0 Å². The van der Waals surface area contributed by atoms with Gasteiger partial charge in [0.25, 0.3) is 0 Å². The summed E-state index contributed by atoms with van der Waals surface area (Å²) in [6.45, 7) is 9.98. The fourth-order valence-corrected chi connectivity index (χ4v) is 2.18. The van der Waals surface area contributed by atoms with Crippen molar-refractivity contribution in [1.82, 2.24) is 4.98 Å². The van der Waals surface area contributed by atoms with Gasteiger partial charge in [0.2, 0.25) is 0 Å². The van der Waals surface area contributed by atoms with E-state index in [1.807, 2.05) is 6.20 Å². The van der Waals surface area contributed by atoms with Crippen LogP contribution in [0.15, 0.2) is 6.20 Å². The van der Waals surface area contributed by atoms with E-state index in [1.165, 1.54) is 17.7 Å². The summed E-state index contributed by atoms with van der Waals surface area (Å²) in [6, 6.07) is 0. The smallest absolute Gasteiger partial charge is 0.182 e. The third kappa shape index (κ3) is 4.65. The van der Waals surface area contributed by atoms with E-state index in [1.54, 1.807) is 11.3 Å². The van der Waals surface area contributed by atoms with Crippen molar-refractivity contribution in [3.63, 3.8) is 0 Å². The Labute approximate surface area is 97.1 Å². The predicted molar refractivity (Wildman–Crippen MR) is 68.8 cm³/mol. The Hall–Kier alpha value is -0.570. The molecule has 0 aliphatic heterocycles. The van der Waals surface area contributed by atoms with Crippen molar-refractivity contribution in [3.05, 3.63) is 11.1 Å². The number of hydrogen-bond donors (Lipinski definition) is 1. The van der Waals surface area contributed by atoms with Crippen molar-refractivity contribution in [1.29, 1.82) is 0 Å². The van der Waals surface area contributed by atoms with Crippen LogP contribution in [0.3, 0.4) is 0 Å². The molecule has 15 heavy (non-hydrogen) atoms. The molecule has 1 rings (SSSR count). The molecule has 0 saturated heterocycles. The molecule has 1 aromatic rings. The van der Waals surface area contributed by atoms with Crippen molar-refractivity contribution < 1.29 is 0 Å². The zero-order valence-electron chi connectivity index (χ0n) is 10.2. The molecule has 86 valence electrons. The summed E-state index contributed by atoms with van der Waals surface area (Å²) in [5, 5.41) is 4.45. The quantitative estimate of drug-likeness (QED) is 0.738. The molecule has 0 unspecified atom stereocenters. The minimum Gasteiger partial charge on any atom is -0.362 e. The second-order valence-corrected chi connectivity index (χ2v) is 5.75. The summed E-state index contributed by atoms with van der Waals surface area (Å²) in [5.41, 5.74) is 0. The molecule has 1 aromatic heterocycles. The largest absolute Gasteiger partial charge is 0.362 e. The minimum absolute atomic E-state index is 0.591. The molecule has 0 saturated carbocycles. The van der Waals surface area contributed by atoms with Gasteiger partial charge in [-0.15, -0.1) is 11.3 Å². The maximum atomic E-state index is 4.36. The summed E-state index contributed by atoms with van der Waals surface area (Å²) in [6.07, 6.45) is 4.50. The SMILES string of the molecule is CC(C)CCCNc1ncc(C(C)C)s1. The van der Waals surface area contributed by atoms with Crippen LogP contribution < -0.4 is 5.32 Å². The Morgan fingerprint density at radius 3 is 2.60 bits per heavy atom. The van der Waals surface area contributed by atoms with Crippen molar-refractivity contribution in [3.8, 4) is 0 Å². The second kappa shape index (κ2) is 6.11. The molecule has 1 N–H and O–H groups in total. The number of rotatable bonds is 6. The molecular weight excluding hydrogens is 204 g/mol. The molecule has 0 spiro atoms. The Morgan fingerprint density at radius 1 is 1.33 bits per heavy atom. The molecular formula is C12H22N2S. The van der Waals surface area contributed by atoms with Crippen LogP contribution >= 0.6 is 11.3 Å². The molecule has 0 fully saturated rings. The third-order valence-corrected chi connectivity index (χ3v) is 3.58. The van der Waals surface area contributed by atoms with Crippen molar-refractivity contribution in [2.75, 3.05) is 11.9 Å². The van der Waals surface area contributed by atoms with E-state index in [-0.39, 0.29) is 0 Å². The van der Waals surface area contributed by atoms with E-state index in [0.717, 1.165) is 17.6 Å². The minimum atomic E-state index is 0.591. The average Bonchev–Trinajstić information content (AvgIpc) is 2.60. The lowest BCUT2D eigenvalue weighted by Crippen LogP contribution is -2.02. The topological polar surface area (TPSA) is 24.9 Å². The van der Waals surface area contributed by atoms with Crippen LogP contribution in [0.2, 0.25) is 0 Å². The number of hydrogen-bond acceptors (Lipinski definition) is 3. The molecule has 1 heterocycles. The fourth-order valence-electron chi connectivity index (χ4n) is 1.34. The zero-order chi connectivity index (χ0) is 11.3. The van der Waals surface area contributed by atoms with Gasteiger partial charge in [0.15, 0.2) is 5.13 Å². The predicted octanol–water partition coefficient (Wildman–Crippen LogP) is 4.11. The van der Waals surface area contributed by atoms with Crippen LogP contribution in [0.1, 0.15) is 51.3 Å². The van der Waals surface area contributed by atoms with E-state index >= 15 is 0 Å². The molecule has 0 aliphatic rings. The van der Waals surface area contributed by atoms with Crippen LogP contribution in [-0.4, -0.2) is 11.5 Å². The molecule has 0 aromatic carbocycles. The van der Waals surface area contributed by atoms with Gasteiger partial charge in [-0.1, -0.05) is 27.7 Å². The lowest BCUT2D eigenvalue weighted by molar-refractivity contribution is 0.567. The van der Waals surface area contributed by atoms with Gasteiger partial charge in [0.1, 0.15) is 0 Å². The summed E-state index contributed by atoms with van der Waals surface area (Å²) in [5.74, 6) is 1.39. The average molecular weight is 226 g/mol. The molecule has 3 heteroatoms. The van der Waals surface area contributed by atoms with Crippen molar-refractivity contribution >= 4 is 16.5 Å². The zero-order valence-corrected chi connectivity index (χ0v) is 11.0. The van der Waals surface area contributed by atoms with Crippen molar-refractivity contribution in [2.45, 2.75) is 46.5 Å². The van der Waals surface area contributed by atoms with Crippen LogP contribution in [0.5, 0.6) is 0 Å². The summed E-state index contributed by atoms with van der Waals surface area (Å²) >= 11 is 1.78. The first kappa shape index (κ1) is 12.5. The highest BCUT2D eigenvalue weighted by molar-refractivity contribution is 7.15.